The van der Waals surface area contributed by atoms with Crippen molar-refractivity contribution in [3.63, 3.8) is 0 Å². The molecule has 4 rings (SSSR count). The summed E-state index contributed by atoms with van der Waals surface area (Å²) in [4.78, 5) is 2.46. The minimum absolute atomic E-state index is 0.0652. The second-order valence-corrected chi connectivity index (χ2v) is 9.72. The van der Waals surface area contributed by atoms with Crippen LogP contribution in [-0.2, 0) is 19.5 Å². The highest BCUT2D eigenvalue weighted by Gasteiger charge is 2.47. The number of rotatable bonds is 5. The lowest BCUT2D eigenvalue weighted by Gasteiger charge is -2.40. The number of morpholine rings is 1. The Labute approximate surface area is 169 Å². The summed E-state index contributed by atoms with van der Waals surface area (Å²) in [5, 5.41) is 0. The molecule has 1 spiro atoms. The quantitative estimate of drug-likeness (QED) is 0.708. The van der Waals surface area contributed by atoms with E-state index in [2.05, 4.69) is 9.64 Å². The Morgan fingerprint density at radius 1 is 1.07 bits per heavy atom. The van der Waals surface area contributed by atoms with Crippen LogP contribution in [0.4, 0.5) is 8.78 Å². The maximum Gasteiger partial charge on any atom is 0.387 e. The number of hydrogen-bond donors (Lipinski definition) is 0. The molecule has 29 heavy (non-hydrogen) atoms. The Hall–Kier alpha value is -1.33. The first-order chi connectivity index (χ1) is 13.9. The Morgan fingerprint density at radius 2 is 1.79 bits per heavy atom. The monoisotopic (exact) mass is 432 g/mol. The van der Waals surface area contributed by atoms with Crippen LogP contribution in [0, 0.1) is 0 Å². The maximum atomic E-state index is 13.1. The van der Waals surface area contributed by atoms with Crippen LogP contribution in [0.5, 0.6) is 5.75 Å². The second-order valence-electron chi connectivity index (χ2n) is 7.78. The Kier molecular flexibility index (Phi) is 6.08. The van der Waals surface area contributed by atoms with Gasteiger partial charge in [-0.2, -0.15) is 13.1 Å². The van der Waals surface area contributed by atoms with Crippen molar-refractivity contribution in [2.24, 2.45) is 0 Å². The molecule has 0 saturated carbocycles. The molecule has 0 bridgehead atoms. The van der Waals surface area contributed by atoms with Gasteiger partial charge >= 0.3 is 6.61 Å². The van der Waals surface area contributed by atoms with Gasteiger partial charge in [-0.3, -0.25) is 4.90 Å². The SMILES string of the molecule is O=S(=O)(c1ccc(OC(F)F)cc1)N1CCO[C@]2(CCN(C3CCOCC3)C2)C1. The summed E-state index contributed by atoms with van der Waals surface area (Å²) in [5.41, 5.74) is -0.498. The van der Waals surface area contributed by atoms with Crippen LogP contribution < -0.4 is 4.74 Å². The third-order valence-corrected chi connectivity index (χ3v) is 7.81. The average molecular weight is 432 g/mol. The summed E-state index contributed by atoms with van der Waals surface area (Å²) in [5.74, 6) is -0.0692. The van der Waals surface area contributed by atoms with Gasteiger partial charge in [0.05, 0.1) is 17.1 Å². The number of hydrogen-bond acceptors (Lipinski definition) is 6. The molecular weight excluding hydrogens is 406 g/mol. The molecule has 0 unspecified atom stereocenters. The van der Waals surface area contributed by atoms with E-state index in [-0.39, 0.29) is 17.2 Å². The topological polar surface area (TPSA) is 68.3 Å². The van der Waals surface area contributed by atoms with Crippen LogP contribution in [0.1, 0.15) is 19.3 Å². The summed E-state index contributed by atoms with van der Waals surface area (Å²) in [7, 11) is -3.74. The van der Waals surface area contributed by atoms with Crippen molar-refractivity contribution < 1.29 is 31.4 Å². The summed E-state index contributed by atoms with van der Waals surface area (Å²) in [6, 6.07) is 5.56. The number of alkyl halides is 2. The fourth-order valence-corrected chi connectivity index (χ4v) is 5.94. The first kappa shape index (κ1) is 20.9. The highest BCUT2D eigenvalue weighted by atomic mass is 32.2. The molecule has 3 saturated heterocycles. The van der Waals surface area contributed by atoms with Crippen molar-refractivity contribution in [2.45, 2.75) is 42.4 Å². The standard InChI is InChI=1S/C19H26F2N2O5S/c20-18(21)28-16-1-3-17(4-2-16)29(24,25)23-9-12-27-19(14-23)7-8-22(13-19)15-5-10-26-11-6-15/h1-4,15,18H,5-14H2/t19-/m0/s1. The molecule has 3 aliphatic heterocycles. The van der Waals surface area contributed by atoms with Crippen LogP contribution in [-0.4, -0.2) is 81.9 Å². The molecule has 1 aromatic rings. The highest BCUT2D eigenvalue weighted by molar-refractivity contribution is 7.89. The van der Waals surface area contributed by atoms with Gasteiger partial charge in [0, 0.05) is 45.4 Å². The maximum absolute atomic E-state index is 13.1. The van der Waals surface area contributed by atoms with Crippen molar-refractivity contribution in [3.8, 4) is 5.75 Å². The van der Waals surface area contributed by atoms with Crippen molar-refractivity contribution >= 4 is 10.0 Å². The molecule has 1 aromatic carbocycles. The lowest BCUT2D eigenvalue weighted by atomic mass is 10.0. The van der Waals surface area contributed by atoms with E-state index in [0.717, 1.165) is 39.0 Å². The summed E-state index contributed by atoms with van der Waals surface area (Å²) >= 11 is 0. The van der Waals surface area contributed by atoms with Crippen LogP contribution in [0.3, 0.4) is 0 Å². The van der Waals surface area contributed by atoms with Crippen LogP contribution in [0.2, 0.25) is 0 Å². The van der Waals surface area contributed by atoms with E-state index in [0.29, 0.717) is 25.7 Å². The van der Waals surface area contributed by atoms with Crippen LogP contribution >= 0.6 is 0 Å². The summed E-state index contributed by atoms with van der Waals surface area (Å²) < 4.78 is 68.1. The van der Waals surface area contributed by atoms with Crippen molar-refractivity contribution in [1.29, 1.82) is 0 Å². The van der Waals surface area contributed by atoms with Crippen molar-refractivity contribution in [1.82, 2.24) is 9.21 Å². The molecule has 0 amide bonds. The average Bonchev–Trinajstić information content (AvgIpc) is 3.12. The zero-order chi connectivity index (χ0) is 20.5. The first-order valence-electron chi connectivity index (χ1n) is 9.89. The van der Waals surface area contributed by atoms with E-state index in [1.807, 2.05) is 0 Å². The molecule has 10 heteroatoms. The normalized spacial score (nSPS) is 27.7. The number of benzene rings is 1. The third kappa shape index (κ3) is 4.56. The van der Waals surface area contributed by atoms with E-state index >= 15 is 0 Å². The van der Waals surface area contributed by atoms with Crippen LogP contribution in [0.15, 0.2) is 29.2 Å². The molecule has 0 aromatic heterocycles. The zero-order valence-corrected chi connectivity index (χ0v) is 17.0. The number of ether oxygens (including phenoxy) is 3. The molecule has 1 atom stereocenters. The van der Waals surface area contributed by atoms with E-state index in [1.165, 1.54) is 28.6 Å². The van der Waals surface area contributed by atoms with E-state index in [1.54, 1.807) is 0 Å². The Bertz CT molecular complexity index is 801. The zero-order valence-electron chi connectivity index (χ0n) is 16.1. The van der Waals surface area contributed by atoms with Gasteiger partial charge in [-0.15, -0.1) is 0 Å². The van der Waals surface area contributed by atoms with E-state index < -0.39 is 22.2 Å². The summed E-state index contributed by atoms with van der Waals surface area (Å²) in [6.45, 7) is 1.09. The highest BCUT2D eigenvalue weighted by Crippen LogP contribution is 2.34. The predicted octanol–water partition coefficient (Wildman–Crippen LogP) is 1.93. The largest absolute Gasteiger partial charge is 0.435 e. The van der Waals surface area contributed by atoms with Gasteiger partial charge in [0.25, 0.3) is 0 Å². The van der Waals surface area contributed by atoms with Crippen LogP contribution in [0.25, 0.3) is 0 Å². The molecule has 0 N–H and O–H groups in total. The van der Waals surface area contributed by atoms with E-state index in [4.69, 9.17) is 9.47 Å². The van der Waals surface area contributed by atoms with Gasteiger partial charge in [-0.25, -0.2) is 8.42 Å². The first-order valence-corrected chi connectivity index (χ1v) is 11.3. The number of nitrogens with zero attached hydrogens (tertiary/aromatic N) is 2. The third-order valence-electron chi connectivity index (χ3n) is 5.95. The molecular formula is C19H26F2N2O5S. The fourth-order valence-electron chi connectivity index (χ4n) is 4.44. The van der Waals surface area contributed by atoms with Crippen molar-refractivity contribution in [3.05, 3.63) is 24.3 Å². The fraction of sp³-hybridized carbons (Fsp3) is 0.684. The second kappa shape index (κ2) is 8.43. The molecule has 7 nitrogen and oxygen atoms in total. The van der Waals surface area contributed by atoms with Gasteiger partial charge in [0.1, 0.15) is 5.75 Å². The molecule has 3 heterocycles. The number of sulfonamides is 1. The molecule has 3 aliphatic rings. The number of likely N-dealkylation sites (tertiary alicyclic amines) is 1. The molecule has 0 radical (unpaired) electrons. The molecule has 0 aliphatic carbocycles. The minimum Gasteiger partial charge on any atom is -0.435 e. The lowest BCUT2D eigenvalue weighted by Crippen LogP contribution is -2.55. The lowest BCUT2D eigenvalue weighted by molar-refractivity contribution is -0.0846. The number of halogens is 2. The Balaban J connectivity index is 1.45. The smallest absolute Gasteiger partial charge is 0.387 e. The minimum atomic E-state index is -3.74. The van der Waals surface area contributed by atoms with Gasteiger partial charge in [0.2, 0.25) is 10.0 Å². The van der Waals surface area contributed by atoms with Gasteiger partial charge in [-0.1, -0.05) is 0 Å². The van der Waals surface area contributed by atoms with E-state index in [9.17, 15) is 17.2 Å². The molecule has 162 valence electrons. The van der Waals surface area contributed by atoms with Gasteiger partial charge < -0.3 is 14.2 Å². The summed E-state index contributed by atoms with van der Waals surface area (Å²) in [6.07, 6.45) is 2.77. The van der Waals surface area contributed by atoms with Gasteiger partial charge in [0.15, 0.2) is 0 Å². The Morgan fingerprint density at radius 3 is 2.48 bits per heavy atom. The van der Waals surface area contributed by atoms with Gasteiger partial charge in [-0.05, 0) is 43.5 Å². The van der Waals surface area contributed by atoms with Crippen molar-refractivity contribution in [2.75, 3.05) is 46.0 Å². The predicted molar refractivity (Wildman–Crippen MR) is 101 cm³/mol. The molecule has 3 fully saturated rings.